The van der Waals surface area contributed by atoms with E-state index in [1.807, 2.05) is 36.4 Å². The Bertz CT molecular complexity index is 1560. The number of hydrogen-bond donors (Lipinski definition) is 4. The molecule has 12 heteroatoms. The smallest absolute Gasteiger partial charge is 0.251 e. The molecule has 1 saturated heterocycles. The number of amides is 3. The van der Waals surface area contributed by atoms with Crippen molar-refractivity contribution >= 4 is 17.7 Å². The number of likely N-dealkylation sites (tertiary alicyclic amines) is 1. The van der Waals surface area contributed by atoms with Gasteiger partial charge in [0.05, 0.1) is 18.0 Å². The molecule has 2 fully saturated rings. The van der Waals surface area contributed by atoms with E-state index in [4.69, 9.17) is 0 Å². The van der Waals surface area contributed by atoms with E-state index >= 15 is 0 Å². The second kappa shape index (κ2) is 12.8. The number of fused-ring (bicyclic) bond motifs is 2. The van der Waals surface area contributed by atoms with Crippen LogP contribution in [0, 0.1) is 17.2 Å². The molecule has 0 radical (unpaired) electrons. The second-order valence-corrected chi connectivity index (χ2v) is 12.3. The van der Waals surface area contributed by atoms with E-state index in [0.29, 0.717) is 55.1 Å². The number of nitriles is 1. The molecule has 1 aliphatic heterocycles. The summed E-state index contributed by atoms with van der Waals surface area (Å²) in [6.45, 7) is 0.730. The van der Waals surface area contributed by atoms with Crippen molar-refractivity contribution in [2.24, 2.45) is 5.92 Å². The summed E-state index contributed by atoms with van der Waals surface area (Å²) in [7, 11) is 3.23. The molecule has 3 aliphatic rings. The van der Waals surface area contributed by atoms with Crippen LogP contribution in [0.2, 0.25) is 0 Å². The lowest BCUT2D eigenvalue weighted by molar-refractivity contribution is -0.130. The van der Waals surface area contributed by atoms with E-state index in [-0.39, 0.29) is 36.3 Å². The lowest BCUT2D eigenvalue weighted by Crippen LogP contribution is -2.50. The van der Waals surface area contributed by atoms with Crippen LogP contribution in [0.4, 0.5) is 0 Å². The van der Waals surface area contributed by atoms with Crippen LogP contribution in [0.5, 0.6) is 0 Å². The molecule has 0 bridgehead atoms. The Balaban J connectivity index is 1.48. The van der Waals surface area contributed by atoms with Gasteiger partial charge in [0.25, 0.3) is 11.8 Å². The molecule has 4 N–H and O–H groups in total. The van der Waals surface area contributed by atoms with Crippen LogP contribution in [0.3, 0.4) is 0 Å². The zero-order valence-corrected chi connectivity index (χ0v) is 25.7. The second-order valence-electron chi connectivity index (χ2n) is 12.3. The number of nitrogens with zero attached hydrogens (tertiary/aromatic N) is 5. The van der Waals surface area contributed by atoms with Crippen molar-refractivity contribution in [1.82, 2.24) is 41.5 Å². The Morgan fingerprint density at radius 1 is 1.00 bits per heavy atom. The van der Waals surface area contributed by atoms with Crippen molar-refractivity contribution in [2.75, 3.05) is 27.2 Å². The monoisotopic (exact) mass is 609 g/mol. The number of H-pyrrole nitrogens is 1. The number of aryl methyl sites for hydroxylation is 2. The van der Waals surface area contributed by atoms with Crippen LogP contribution >= 0.6 is 0 Å². The number of tetrazole rings is 1. The third-order valence-corrected chi connectivity index (χ3v) is 9.98. The summed E-state index contributed by atoms with van der Waals surface area (Å²) in [5.74, 6) is 0.420. The molecule has 3 aromatic rings. The lowest BCUT2D eigenvalue weighted by Gasteiger charge is -2.42. The first kappa shape index (κ1) is 30.4. The Hall–Kier alpha value is -4.63. The van der Waals surface area contributed by atoms with E-state index < -0.39 is 5.41 Å². The van der Waals surface area contributed by atoms with Crippen molar-refractivity contribution in [3.63, 3.8) is 0 Å². The van der Waals surface area contributed by atoms with E-state index in [1.165, 1.54) is 0 Å². The molecule has 1 aromatic heterocycles. The average molecular weight is 610 g/mol. The summed E-state index contributed by atoms with van der Waals surface area (Å²) >= 11 is 0. The predicted molar refractivity (Wildman–Crippen MR) is 165 cm³/mol. The molecule has 3 amide bonds. The molecule has 0 unspecified atom stereocenters. The molecule has 0 spiro atoms. The van der Waals surface area contributed by atoms with Gasteiger partial charge < -0.3 is 20.9 Å². The quantitative estimate of drug-likeness (QED) is 0.286. The maximum absolute atomic E-state index is 13.4. The molecule has 2 aliphatic carbocycles. The van der Waals surface area contributed by atoms with Gasteiger partial charge >= 0.3 is 0 Å². The van der Waals surface area contributed by atoms with Gasteiger partial charge in [0.2, 0.25) is 5.91 Å². The van der Waals surface area contributed by atoms with Gasteiger partial charge in [-0.2, -0.15) is 10.5 Å². The minimum atomic E-state index is -0.893. The molecular formula is C33H39N9O3. The van der Waals surface area contributed by atoms with Crippen molar-refractivity contribution in [3.8, 4) is 6.07 Å². The zero-order chi connectivity index (χ0) is 31.6. The van der Waals surface area contributed by atoms with Gasteiger partial charge in [0.15, 0.2) is 5.82 Å². The number of benzene rings is 2. The SMILES string of the molecule is CNC(=O)c1ccc2c(c1)CCc1cc(C(=O)NC)ccc1C2(C[C@H](NCC(=O)N1CCC[C@H]1C#N)C1CCC1)c1nn[nH]n1. The summed E-state index contributed by atoms with van der Waals surface area (Å²) in [5, 5.41) is 34.5. The minimum absolute atomic E-state index is 0.0657. The first-order chi connectivity index (χ1) is 21.9. The standard InChI is InChI=1S/C33H39N9O3/c1-35-30(44)23-10-12-26-21(15-23)8-9-22-16-24(31(45)36-2)11-13-27(22)33(26,32-38-40-41-39-32)17-28(20-5-3-6-20)37-19-29(43)42-14-4-7-25(42)18-34/h10-13,15-16,20,25,28,37H,3-9,14,17,19H2,1-2H3,(H,35,44)(H,36,45)(H,38,39,40,41)/t25-,28-/m0/s1. The first-order valence-corrected chi connectivity index (χ1v) is 15.8. The van der Waals surface area contributed by atoms with Gasteiger partial charge in [-0.25, -0.2) is 0 Å². The largest absolute Gasteiger partial charge is 0.355 e. The number of carbonyl (C=O) groups is 3. The summed E-state index contributed by atoms with van der Waals surface area (Å²) in [4.78, 5) is 40.5. The highest BCUT2D eigenvalue weighted by atomic mass is 16.2. The fraction of sp³-hybridized carbons (Fsp3) is 0.485. The highest BCUT2D eigenvalue weighted by molar-refractivity contribution is 5.95. The minimum Gasteiger partial charge on any atom is -0.355 e. The summed E-state index contributed by atoms with van der Waals surface area (Å²) in [6, 6.07) is 13.4. The summed E-state index contributed by atoms with van der Waals surface area (Å²) in [5.41, 5.74) is 4.18. The molecular weight excluding hydrogens is 570 g/mol. The van der Waals surface area contributed by atoms with Crippen LogP contribution < -0.4 is 16.0 Å². The van der Waals surface area contributed by atoms with Crippen LogP contribution in [-0.4, -0.2) is 82.5 Å². The average Bonchev–Trinajstić information content (AvgIpc) is 3.74. The summed E-state index contributed by atoms with van der Waals surface area (Å²) < 4.78 is 0. The number of rotatable bonds is 9. The van der Waals surface area contributed by atoms with Gasteiger partial charge in [-0.05, 0) is 97.4 Å². The predicted octanol–water partition coefficient (Wildman–Crippen LogP) is 2.01. The molecule has 1 saturated carbocycles. The first-order valence-electron chi connectivity index (χ1n) is 15.8. The third-order valence-electron chi connectivity index (χ3n) is 9.98. The third kappa shape index (κ3) is 5.57. The van der Waals surface area contributed by atoms with Crippen LogP contribution in [0.15, 0.2) is 36.4 Å². The van der Waals surface area contributed by atoms with E-state index in [1.54, 1.807) is 19.0 Å². The van der Waals surface area contributed by atoms with Crippen molar-refractivity contribution < 1.29 is 14.4 Å². The van der Waals surface area contributed by atoms with E-state index in [2.05, 4.69) is 42.6 Å². The zero-order valence-electron chi connectivity index (χ0n) is 25.7. The van der Waals surface area contributed by atoms with Crippen LogP contribution in [0.1, 0.15) is 87.3 Å². The number of aromatic amines is 1. The Labute approximate surface area is 262 Å². The van der Waals surface area contributed by atoms with Crippen molar-refractivity contribution in [2.45, 2.75) is 68.9 Å². The molecule has 12 nitrogen and oxygen atoms in total. The molecule has 2 heterocycles. The van der Waals surface area contributed by atoms with Crippen molar-refractivity contribution in [3.05, 3.63) is 75.6 Å². The van der Waals surface area contributed by atoms with Crippen LogP contribution in [0.25, 0.3) is 0 Å². The number of hydrogen-bond acceptors (Lipinski definition) is 8. The maximum atomic E-state index is 13.4. The molecule has 2 aromatic carbocycles. The van der Waals surface area contributed by atoms with E-state index in [0.717, 1.165) is 47.9 Å². The topological polar surface area (TPSA) is 169 Å². The Morgan fingerprint density at radius 2 is 1.64 bits per heavy atom. The van der Waals surface area contributed by atoms with Crippen molar-refractivity contribution in [1.29, 1.82) is 5.26 Å². The maximum Gasteiger partial charge on any atom is 0.251 e. The number of aromatic nitrogens is 4. The van der Waals surface area contributed by atoms with Gasteiger partial charge in [-0.3, -0.25) is 14.4 Å². The fourth-order valence-corrected chi connectivity index (χ4v) is 7.41. The van der Waals surface area contributed by atoms with E-state index in [9.17, 15) is 19.6 Å². The molecule has 234 valence electrons. The van der Waals surface area contributed by atoms with Crippen LogP contribution in [-0.2, 0) is 23.1 Å². The Morgan fingerprint density at radius 3 is 2.16 bits per heavy atom. The molecule has 2 atom stereocenters. The van der Waals surface area contributed by atoms with Gasteiger partial charge in [0.1, 0.15) is 6.04 Å². The number of nitrogens with one attached hydrogen (secondary N) is 4. The normalized spacial score (nSPS) is 19.3. The lowest BCUT2D eigenvalue weighted by atomic mass is 9.64. The fourth-order valence-electron chi connectivity index (χ4n) is 7.41. The molecule has 45 heavy (non-hydrogen) atoms. The van der Waals surface area contributed by atoms with Gasteiger partial charge in [-0.15, -0.1) is 10.2 Å². The van der Waals surface area contributed by atoms with Gasteiger partial charge in [0, 0.05) is 37.8 Å². The summed E-state index contributed by atoms with van der Waals surface area (Å²) in [6.07, 6.45) is 6.55. The highest BCUT2D eigenvalue weighted by Crippen LogP contribution is 2.49. The number of carbonyl (C=O) groups excluding carboxylic acids is 3. The highest BCUT2D eigenvalue weighted by Gasteiger charge is 2.48. The molecule has 6 rings (SSSR count). The Kier molecular flexibility index (Phi) is 8.63. The van der Waals surface area contributed by atoms with Gasteiger partial charge in [-0.1, -0.05) is 23.8 Å².